The van der Waals surface area contributed by atoms with Crippen molar-refractivity contribution in [1.29, 1.82) is 0 Å². The van der Waals surface area contributed by atoms with Gasteiger partial charge >= 0.3 is 0 Å². The molecule has 2 rings (SSSR count). The summed E-state index contributed by atoms with van der Waals surface area (Å²) in [7, 11) is 0. The lowest BCUT2D eigenvalue weighted by Gasteiger charge is -2.34. The van der Waals surface area contributed by atoms with Gasteiger partial charge in [-0.05, 0) is 49.1 Å². The summed E-state index contributed by atoms with van der Waals surface area (Å²) in [5.41, 5.74) is 7.35. The number of carbonyl (C=O) groups is 1. The molecule has 0 radical (unpaired) electrons. The van der Waals surface area contributed by atoms with Crippen LogP contribution in [0.1, 0.15) is 31.7 Å². The van der Waals surface area contributed by atoms with Crippen LogP contribution >= 0.6 is 0 Å². The van der Waals surface area contributed by atoms with Crippen LogP contribution in [0.2, 0.25) is 0 Å². The van der Waals surface area contributed by atoms with E-state index in [1.54, 1.807) is 6.07 Å². The molecule has 0 unspecified atom stereocenters. The number of amides is 1. The first-order valence-electron chi connectivity index (χ1n) is 7.62. The number of primary amides is 1. The number of nitrogens with two attached hydrogens (primary N) is 1. The Morgan fingerprint density at radius 2 is 2.14 bits per heavy atom. The molecule has 1 aromatic rings. The average molecular weight is 293 g/mol. The van der Waals surface area contributed by atoms with E-state index in [4.69, 9.17) is 5.73 Å². The lowest BCUT2D eigenvalue weighted by atomic mass is 9.92. The number of hydrogen-bond acceptors (Lipinski definition) is 3. The fourth-order valence-corrected chi connectivity index (χ4v) is 2.93. The second kappa shape index (κ2) is 7.41. The minimum absolute atomic E-state index is 0.199. The monoisotopic (exact) mass is 293 g/mol. The summed E-state index contributed by atoms with van der Waals surface area (Å²) in [4.78, 5) is 13.3. The largest absolute Gasteiger partial charge is 0.371 e. The molecule has 0 aliphatic carbocycles. The highest BCUT2D eigenvalue weighted by atomic mass is 19.1. The second-order valence-corrected chi connectivity index (χ2v) is 5.65. The van der Waals surface area contributed by atoms with Crippen molar-refractivity contribution in [2.75, 3.05) is 24.5 Å². The van der Waals surface area contributed by atoms with Gasteiger partial charge < -0.3 is 16.0 Å². The summed E-state index contributed by atoms with van der Waals surface area (Å²) in [5.74, 6) is -0.0326. The van der Waals surface area contributed by atoms with E-state index in [1.165, 1.54) is 6.07 Å². The lowest BCUT2D eigenvalue weighted by molar-refractivity contribution is -0.119. The topological polar surface area (TPSA) is 58.4 Å². The van der Waals surface area contributed by atoms with E-state index in [2.05, 4.69) is 10.2 Å². The maximum absolute atomic E-state index is 13.4. The Morgan fingerprint density at radius 1 is 1.43 bits per heavy atom. The Morgan fingerprint density at radius 3 is 2.76 bits per heavy atom. The van der Waals surface area contributed by atoms with Crippen molar-refractivity contribution in [3.63, 3.8) is 0 Å². The molecule has 3 N–H and O–H groups in total. The number of piperidine rings is 1. The molecule has 1 fully saturated rings. The molecule has 21 heavy (non-hydrogen) atoms. The highest BCUT2D eigenvalue weighted by molar-refractivity contribution is 5.74. The zero-order valence-corrected chi connectivity index (χ0v) is 12.6. The van der Waals surface area contributed by atoms with Gasteiger partial charge in [-0.2, -0.15) is 0 Å². The van der Waals surface area contributed by atoms with Gasteiger partial charge in [0.15, 0.2) is 0 Å². The van der Waals surface area contributed by atoms with Crippen LogP contribution in [-0.4, -0.2) is 25.5 Å². The number of carbonyl (C=O) groups excluding carboxylic acids is 1. The van der Waals surface area contributed by atoms with Gasteiger partial charge in [0, 0.05) is 31.7 Å². The van der Waals surface area contributed by atoms with E-state index >= 15 is 0 Å². The van der Waals surface area contributed by atoms with Crippen molar-refractivity contribution >= 4 is 11.6 Å². The first-order valence-corrected chi connectivity index (χ1v) is 7.62. The maximum Gasteiger partial charge on any atom is 0.217 e. The molecule has 1 amide bonds. The van der Waals surface area contributed by atoms with Crippen LogP contribution in [0.15, 0.2) is 18.2 Å². The molecule has 1 saturated heterocycles. The molecular weight excluding hydrogens is 269 g/mol. The Hall–Kier alpha value is -1.62. The van der Waals surface area contributed by atoms with Gasteiger partial charge in [0.05, 0.1) is 0 Å². The Bertz CT molecular complexity index is 484. The number of nitrogens with one attached hydrogen (secondary N) is 1. The van der Waals surface area contributed by atoms with Crippen LogP contribution < -0.4 is 16.0 Å². The Labute approximate surface area is 125 Å². The number of anilines is 1. The van der Waals surface area contributed by atoms with Gasteiger partial charge in [0.2, 0.25) is 5.91 Å². The van der Waals surface area contributed by atoms with Gasteiger partial charge in [-0.3, -0.25) is 4.79 Å². The maximum atomic E-state index is 13.4. The summed E-state index contributed by atoms with van der Waals surface area (Å²) in [5, 5.41) is 3.25. The van der Waals surface area contributed by atoms with Gasteiger partial charge in [-0.1, -0.05) is 6.92 Å². The minimum Gasteiger partial charge on any atom is -0.371 e. The van der Waals surface area contributed by atoms with Gasteiger partial charge in [-0.25, -0.2) is 4.39 Å². The van der Waals surface area contributed by atoms with Gasteiger partial charge in [0.25, 0.3) is 0 Å². The van der Waals surface area contributed by atoms with Crippen molar-refractivity contribution in [2.24, 2.45) is 11.7 Å². The standard InChI is InChI=1S/C16H24FN3O/c1-2-19-11-13-10-14(17)3-4-15(13)20-7-5-12(6-8-20)9-16(18)21/h3-4,10,12,19H,2,5-9,11H2,1H3,(H2,18,21). The van der Waals surface area contributed by atoms with E-state index in [1.807, 2.05) is 13.0 Å². The third-order valence-corrected chi connectivity index (χ3v) is 4.05. The molecule has 4 nitrogen and oxygen atoms in total. The number of hydrogen-bond donors (Lipinski definition) is 2. The van der Waals surface area contributed by atoms with Gasteiger partial charge in [-0.15, -0.1) is 0 Å². The second-order valence-electron chi connectivity index (χ2n) is 5.65. The predicted octanol–water partition coefficient (Wildman–Crippen LogP) is 2.03. The highest BCUT2D eigenvalue weighted by Gasteiger charge is 2.22. The van der Waals surface area contributed by atoms with Crippen LogP contribution in [0.3, 0.4) is 0 Å². The molecule has 0 atom stereocenters. The van der Waals surface area contributed by atoms with Crippen molar-refractivity contribution in [3.05, 3.63) is 29.6 Å². The number of rotatable bonds is 6. The molecule has 0 aromatic heterocycles. The summed E-state index contributed by atoms with van der Waals surface area (Å²) in [6.45, 7) is 5.35. The summed E-state index contributed by atoms with van der Waals surface area (Å²) < 4.78 is 13.4. The molecular formula is C16H24FN3O. The predicted molar refractivity (Wildman–Crippen MR) is 82.5 cm³/mol. The number of halogens is 1. The average Bonchev–Trinajstić information content (AvgIpc) is 2.46. The minimum atomic E-state index is -0.219. The van der Waals surface area contributed by atoms with E-state index < -0.39 is 0 Å². The zero-order chi connectivity index (χ0) is 15.2. The van der Waals surface area contributed by atoms with Crippen LogP contribution in [-0.2, 0) is 11.3 Å². The van der Waals surface area contributed by atoms with Crippen LogP contribution in [0.25, 0.3) is 0 Å². The number of nitrogens with zero attached hydrogens (tertiary/aromatic N) is 1. The first-order chi connectivity index (χ1) is 10.1. The normalized spacial score (nSPS) is 16.2. The third kappa shape index (κ3) is 4.43. The smallest absolute Gasteiger partial charge is 0.217 e. The molecule has 0 saturated carbocycles. The van der Waals surface area contributed by atoms with Crippen molar-refractivity contribution < 1.29 is 9.18 Å². The molecule has 1 heterocycles. The van der Waals surface area contributed by atoms with E-state index in [-0.39, 0.29) is 11.7 Å². The quantitative estimate of drug-likeness (QED) is 0.843. The Kier molecular flexibility index (Phi) is 5.56. The summed E-state index contributed by atoms with van der Waals surface area (Å²) in [6.07, 6.45) is 2.39. The van der Waals surface area contributed by atoms with E-state index in [9.17, 15) is 9.18 Å². The van der Waals surface area contributed by atoms with Crippen molar-refractivity contribution in [2.45, 2.75) is 32.7 Å². The van der Waals surface area contributed by atoms with E-state index in [0.29, 0.717) is 18.9 Å². The fourth-order valence-electron chi connectivity index (χ4n) is 2.93. The lowest BCUT2D eigenvalue weighted by Crippen LogP contribution is -2.36. The molecule has 0 bridgehead atoms. The molecule has 116 valence electrons. The highest BCUT2D eigenvalue weighted by Crippen LogP contribution is 2.28. The first kappa shape index (κ1) is 15.8. The molecule has 0 spiro atoms. The van der Waals surface area contributed by atoms with Crippen LogP contribution in [0.5, 0.6) is 0 Å². The molecule has 5 heteroatoms. The summed E-state index contributed by atoms with van der Waals surface area (Å²) >= 11 is 0. The van der Waals surface area contributed by atoms with Gasteiger partial charge in [0.1, 0.15) is 5.82 Å². The summed E-state index contributed by atoms with van der Waals surface area (Å²) in [6, 6.07) is 4.98. The van der Waals surface area contributed by atoms with Crippen molar-refractivity contribution in [3.8, 4) is 0 Å². The van der Waals surface area contributed by atoms with Crippen LogP contribution in [0.4, 0.5) is 10.1 Å². The molecule has 1 aliphatic heterocycles. The SMILES string of the molecule is CCNCc1cc(F)ccc1N1CCC(CC(N)=O)CC1. The zero-order valence-electron chi connectivity index (χ0n) is 12.6. The Balaban J connectivity index is 2.03. The fraction of sp³-hybridized carbons (Fsp3) is 0.562. The molecule has 1 aromatic carbocycles. The van der Waals surface area contributed by atoms with Crippen molar-refractivity contribution in [1.82, 2.24) is 5.32 Å². The van der Waals surface area contributed by atoms with Crippen LogP contribution in [0, 0.1) is 11.7 Å². The molecule has 1 aliphatic rings. The number of benzene rings is 1. The third-order valence-electron chi connectivity index (χ3n) is 4.05. The van der Waals surface area contributed by atoms with E-state index in [0.717, 1.165) is 43.7 Å².